The molecule has 0 bridgehead atoms. The molecule has 2 atom stereocenters. The first-order chi connectivity index (χ1) is 7.58. The van der Waals surface area contributed by atoms with E-state index in [1.54, 1.807) is 17.7 Å². The van der Waals surface area contributed by atoms with Crippen LogP contribution in [0.5, 0.6) is 0 Å². The first kappa shape index (κ1) is 16.4. The van der Waals surface area contributed by atoms with Crippen LogP contribution in [0.15, 0.2) is 4.99 Å². The van der Waals surface area contributed by atoms with Gasteiger partial charge in [0, 0.05) is 11.8 Å². The minimum absolute atomic E-state index is 0.519. The standard InChI is InChI=1S/C10H23N2OPS2/c1-5-8-13-14(15,12-9-11-7-3)16-10(4)6-2/h9-10H,5-8H2,1-4H3,(H,11,12,15). The van der Waals surface area contributed by atoms with Gasteiger partial charge in [0.15, 0.2) is 0 Å². The summed E-state index contributed by atoms with van der Waals surface area (Å²) in [4.78, 5) is 4.13. The van der Waals surface area contributed by atoms with Crippen LogP contribution < -0.4 is 5.09 Å². The van der Waals surface area contributed by atoms with Crippen LogP contribution in [0.1, 0.15) is 40.5 Å². The Kier molecular flexibility index (Phi) is 9.71. The Morgan fingerprint density at radius 1 is 1.50 bits per heavy atom. The van der Waals surface area contributed by atoms with Crippen LogP contribution in [0.25, 0.3) is 0 Å². The lowest BCUT2D eigenvalue weighted by atomic mass is 10.4. The molecule has 96 valence electrons. The fourth-order valence-corrected chi connectivity index (χ4v) is 6.58. The molecule has 0 spiro atoms. The molecule has 0 saturated heterocycles. The molecular weight excluding hydrogens is 259 g/mol. The molecular formula is C10H23N2OPS2. The average molecular weight is 282 g/mol. The van der Waals surface area contributed by atoms with Crippen molar-refractivity contribution >= 4 is 35.1 Å². The minimum Gasteiger partial charge on any atom is -0.326 e. The second-order valence-electron chi connectivity index (χ2n) is 3.41. The van der Waals surface area contributed by atoms with E-state index in [2.05, 4.69) is 30.9 Å². The number of hydrogen-bond donors (Lipinski definition) is 1. The molecule has 16 heavy (non-hydrogen) atoms. The second-order valence-corrected chi connectivity index (χ2v) is 10.4. The molecule has 0 rings (SSSR count). The number of aliphatic imine (C=N–C) groups is 1. The van der Waals surface area contributed by atoms with Crippen molar-refractivity contribution in [3.8, 4) is 0 Å². The highest BCUT2D eigenvalue weighted by molar-refractivity contribution is 8.69. The van der Waals surface area contributed by atoms with Crippen LogP contribution >= 0.6 is 17.0 Å². The summed E-state index contributed by atoms with van der Waals surface area (Å²) in [5, 5.41) is 3.69. The Morgan fingerprint density at radius 2 is 2.19 bits per heavy atom. The smallest absolute Gasteiger partial charge is 0.211 e. The molecule has 0 aliphatic rings. The lowest BCUT2D eigenvalue weighted by Crippen LogP contribution is -2.11. The van der Waals surface area contributed by atoms with Gasteiger partial charge < -0.3 is 9.61 Å². The van der Waals surface area contributed by atoms with Crippen LogP contribution in [0.4, 0.5) is 0 Å². The molecule has 0 amide bonds. The predicted octanol–water partition coefficient (Wildman–Crippen LogP) is 3.81. The molecule has 1 N–H and O–H groups in total. The van der Waals surface area contributed by atoms with Gasteiger partial charge in [0.2, 0.25) is 5.62 Å². The number of hydrogen-bond acceptors (Lipinski definition) is 4. The van der Waals surface area contributed by atoms with E-state index in [1.807, 2.05) is 6.92 Å². The molecule has 0 aromatic carbocycles. The lowest BCUT2D eigenvalue weighted by Gasteiger charge is -2.23. The first-order valence-electron chi connectivity index (χ1n) is 5.77. The summed E-state index contributed by atoms with van der Waals surface area (Å²) in [5.74, 6) is 0. The summed E-state index contributed by atoms with van der Waals surface area (Å²) < 4.78 is 5.78. The first-order valence-corrected chi connectivity index (χ1v) is 9.97. The summed E-state index contributed by atoms with van der Waals surface area (Å²) in [6.07, 6.45) is 3.79. The van der Waals surface area contributed by atoms with E-state index in [4.69, 9.17) is 16.3 Å². The maximum atomic E-state index is 5.78. The molecule has 6 heteroatoms. The average Bonchev–Trinajstić information content (AvgIpc) is 2.27. The van der Waals surface area contributed by atoms with Gasteiger partial charge in [-0.3, -0.25) is 4.99 Å². The molecule has 0 radical (unpaired) electrons. The normalized spacial score (nSPS) is 17.2. The van der Waals surface area contributed by atoms with Gasteiger partial charge in [0.1, 0.15) is 0 Å². The van der Waals surface area contributed by atoms with Crippen LogP contribution in [0, 0.1) is 0 Å². The Morgan fingerprint density at radius 3 is 2.69 bits per heavy atom. The van der Waals surface area contributed by atoms with Crippen molar-refractivity contribution in [3.05, 3.63) is 0 Å². The van der Waals surface area contributed by atoms with Crippen molar-refractivity contribution in [2.75, 3.05) is 13.2 Å². The number of nitrogens with one attached hydrogen (secondary N) is 1. The predicted molar refractivity (Wildman–Crippen MR) is 80.0 cm³/mol. The molecule has 0 saturated carbocycles. The van der Waals surface area contributed by atoms with E-state index in [1.165, 1.54) is 0 Å². The number of nitrogens with zero attached hydrogens (tertiary/aromatic N) is 1. The van der Waals surface area contributed by atoms with Crippen LogP contribution in [-0.4, -0.2) is 24.7 Å². The summed E-state index contributed by atoms with van der Waals surface area (Å²) >= 11 is 7.31. The molecule has 0 fully saturated rings. The molecule has 0 aromatic heterocycles. The highest BCUT2D eigenvalue weighted by Gasteiger charge is 2.20. The van der Waals surface area contributed by atoms with Crippen molar-refractivity contribution in [3.63, 3.8) is 0 Å². The van der Waals surface area contributed by atoms with E-state index in [0.717, 1.165) is 19.4 Å². The van der Waals surface area contributed by atoms with Gasteiger partial charge in [0.25, 0.3) is 0 Å². The Balaban J connectivity index is 4.35. The third kappa shape index (κ3) is 7.66. The van der Waals surface area contributed by atoms with Gasteiger partial charge >= 0.3 is 0 Å². The van der Waals surface area contributed by atoms with Crippen molar-refractivity contribution in [2.24, 2.45) is 4.99 Å². The monoisotopic (exact) mass is 282 g/mol. The maximum absolute atomic E-state index is 5.78. The van der Waals surface area contributed by atoms with Gasteiger partial charge in [-0.15, -0.1) is 0 Å². The van der Waals surface area contributed by atoms with Gasteiger partial charge in [-0.1, -0.05) is 32.2 Å². The Bertz CT molecular complexity index is 249. The fourth-order valence-electron chi connectivity index (χ4n) is 0.824. The van der Waals surface area contributed by atoms with E-state index in [0.29, 0.717) is 11.9 Å². The van der Waals surface area contributed by atoms with E-state index < -0.39 is 5.62 Å². The lowest BCUT2D eigenvalue weighted by molar-refractivity contribution is 0.356. The fraction of sp³-hybridized carbons (Fsp3) is 0.900. The third-order valence-electron chi connectivity index (χ3n) is 1.85. The topological polar surface area (TPSA) is 33.6 Å². The van der Waals surface area contributed by atoms with Crippen molar-refractivity contribution < 1.29 is 4.52 Å². The highest BCUT2D eigenvalue weighted by atomic mass is 32.9. The SMILES string of the molecule is CCCOP(=S)(NC=NCC)SC(C)CC. The van der Waals surface area contributed by atoms with Gasteiger partial charge in [-0.05, 0) is 31.6 Å². The largest absolute Gasteiger partial charge is 0.326 e. The number of rotatable bonds is 9. The Labute approximate surface area is 109 Å². The van der Waals surface area contributed by atoms with Crippen molar-refractivity contribution in [1.29, 1.82) is 0 Å². The summed E-state index contributed by atoms with van der Waals surface area (Å²) in [5.41, 5.74) is -1.99. The zero-order valence-electron chi connectivity index (χ0n) is 10.6. The molecule has 0 aliphatic carbocycles. The van der Waals surface area contributed by atoms with E-state index in [-0.39, 0.29) is 0 Å². The third-order valence-corrected chi connectivity index (χ3v) is 7.73. The van der Waals surface area contributed by atoms with E-state index in [9.17, 15) is 0 Å². The zero-order valence-corrected chi connectivity index (χ0v) is 13.1. The van der Waals surface area contributed by atoms with Crippen LogP contribution in [0.3, 0.4) is 0 Å². The minimum atomic E-state index is -1.99. The summed E-state index contributed by atoms with van der Waals surface area (Å²) in [7, 11) is 0. The van der Waals surface area contributed by atoms with Crippen LogP contribution in [0.2, 0.25) is 0 Å². The second kappa shape index (κ2) is 9.46. The molecule has 0 aromatic rings. The van der Waals surface area contributed by atoms with Gasteiger partial charge in [0.05, 0.1) is 12.9 Å². The van der Waals surface area contributed by atoms with Crippen molar-refractivity contribution in [2.45, 2.75) is 45.8 Å². The quantitative estimate of drug-likeness (QED) is 0.396. The zero-order chi connectivity index (χ0) is 12.4. The molecule has 3 nitrogen and oxygen atoms in total. The summed E-state index contributed by atoms with van der Waals surface area (Å²) in [6, 6.07) is 0. The molecule has 0 heterocycles. The van der Waals surface area contributed by atoms with Crippen molar-refractivity contribution in [1.82, 2.24) is 5.09 Å². The summed E-state index contributed by atoms with van der Waals surface area (Å²) in [6.45, 7) is 9.92. The van der Waals surface area contributed by atoms with E-state index >= 15 is 0 Å². The maximum Gasteiger partial charge on any atom is 0.211 e. The molecule has 2 unspecified atom stereocenters. The molecule has 0 aliphatic heterocycles. The van der Waals surface area contributed by atoms with Gasteiger partial charge in [-0.2, -0.15) is 0 Å². The highest BCUT2D eigenvalue weighted by Crippen LogP contribution is 2.58. The van der Waals surface area contributed by atoms with Gasteiger partial charge in [-0.25, -0.2) is 0 Å². The Hall–Kier alpha value is 0.430. The van der Waals surface area contributed by atoms with Crippen LogP contribution in [-0.2, 0) is 16.3 Å².